The minimum absolute atomic E-state index is 0.0805. The van der Waals surface area contributed by atoms with Crippen LogP contribution in [0.25, 0.3) is 0 Å². The molecule has 1 aromatic rings. The Morgan fingerprint density at radius 3 is 3.00 bits per heavy atom. The lowest BCUT2D eigenvalue weighted by Gasteiger charge is -2.28. The number of rotatable bonds is 0. The lowest BCUT2D eigenvalue weighted by atomic mass is 10.2. The molecule has 1 aliphatic rings. The molecule has 0 bridgehead atoms. The largest absolute Gasteiger partial charge is 0.477 e. The number of halogens is 1. The van der Waals surface area contributed by atoms with Crippen molar-refractivity contribution in [2.24, 2.45) is 0 Å². The number of pyridine rings is 1. The van der Waals surface area contributed by atoms with Crippen LogP contribution in [0.1, 0.15) is 6.92 Å². The molecule has 0 aliphatic carbocycles. The van der Waals surface area contributed by atoms with Crippen LogP contribution >= 0.6 is 15.9 Å². The lowest BCUT2D eigenvalue weighted by Crippen LogP contribution is -2.42. The number of nitrogens with zero attached hydrogens (tertiary/aromatic N) is 2. The van der Waals surface area contributed by atoms with E-state index in [9.17, 15) is 4.79 Å². The van der Waals surface area contributed by atoms with Gasteiger partial charge in [0, 0.05) is 7.05 Å². The maximum absolute atomic E-state index is 11.5. The van der Waals surface area contributed by atoms with E-state index >= 15 is 0 Å². The molecule has 0 saturated heterocycles. The van der Waals surface area contributed by atoms with Crippen molar-refractivity contribution in [2.45, 2.75) is 13.0 Å². The van der Waals surface area contributed by atoms with Crippen LogP contribution in [-0.2, 0) is 4.79 Å². The highest BCUT2D eigenvalue weighted by Gasteiger charge is 2.29. The molecule has 0 saturated carbocycles. The van der Waals surface area contributed by atoms with Gasteiger partial charge in [0.05, 0.1) is 0 Å². The molecule has 4 nitrogen and oxygen atoms in total. The molecule has 2 rings (SSSR count). The minimum atomic E-state index is -0.435. The summed E-state index contributed by atoms with van der Waals surface area (Å²) < 4.78 is 6.08. The number of hydrogen-bond donors (Lipinski definition) is 0. The average molecular weight is 257 g/mol. The Morgan fingerprint density at radius 1 is 1.57 bits per heavy atom. The summed E-state index contributed by atoms with van der Waals surface area (Å²) in [6, 6.07) is 3.58. The van der Waals surface area contributed by atoms with Crippen LogP contribution in [0.15, 0.2) is 16.7 Å². The van der Waals surface area contributed by atoms with Gasteiger partial charge in [-0.15, -0.1) is 0 Å². The van der Waals surface area contributed by atoms with E-state index in [1.807, 2.05) is 0 Å². The molecule has 0 spiro atoms. The first kappa shape index (κ1) is 9.45. The number of carbonyl (C=O) groups is 1. The molecule has 5 heteroatoms. The van der Waals surface area contributed by atoms with Gasteiger partial charge in [-0.2, -0.15) is 0 Å². The topological polar surface area (TPSA) is 42.4 Å². The first-order chi connectivity index (χ1) is 6.59. The Morgan fingerprint density at radius 2 is 2.29 bits per heavy atom. The Bertz CT molecular complexity index is 394. The van der Waals surface area contributed by atoms with Crippen LogP contribution in [0.3, 0.4) is 0 Å². The van der Waals surface area contributed by atoms with E-state index in [4.69, 9.17) is 4.74 Å². The molecule has 0 aromatic carbocycles. The van der Waals surface area contributed by atoms with Crippen molar-refractivity contribution in [1.29, 1.82) is 0 Å². The number of fused-ring (bicyclic) bond motifs is 1. The fourth-order valence-corrected chi connectivity index (χ4v) is 1.66. The van der Waals surface area contributed by atoms with E-state index in [-0.39, 0.29) is 5.91 Å². The zero-order valence-corrected chi connectivity index (χ0v) is 9.41. The molecule has 1 aromatic heterocycles. The number of anilines is 1. The number of amides is 1. The van der Waals surface area contributed by atoms with Crippen LogP contribution in [0.4, 0.5) is 5.82 Å². The Kier molecular flexibility index (Phi) is 2.19. The second kappa shape index (κ2) is 3.24. The Hall–Kier alpha value is -1.10. The van der Waals surface area contributed by atoms with Crippen molar-refractivity contribution in [3.05, 3.63) is 16.7 Å². The summed E-state index contributed by atoms with van der Waals surface area (Å²) in [5.74, 6) is 1.12. The Balaban J connectivity index is 2.51. The van der Waals surface area contributed by atoms with Gasteiger partial charge >= 0.3 is 0 Å². The molecule has 1 atom stereocenters. The summed E-state index contributed by atoms with van der Waals surface area (Å²) >= 11 is 3.25. The van der Waals surface area contributed by atoms with Gasteiger partial charge in [0.15, 0.2) is 17.7 Å². The Labute approximate surface area is 90.0 Å². The number of hydrogen-bond acceptors (Lipinski definition) is 3. The summed E-state index contributed by atoms with van der Waals surface area (Å²) in [5, 5.41) is 0. The van der Waals surface area contributed by atoms with E-state index in [0.717, 1.165) is 0 Å². The monoisotopic (exact) mass is 256 g/mol. The lowest BCUT2D eigenvalue weighted by molar-refractivity contribution is -0.125. The molecular formula is C9H9BrN2O2. The number of likely N-dealkylation sites (N-methyl/N-ethyl adjacent to an activating group) is 1. The van der Waals surface area contributed by atoms with Gasteiger partial charge in [0.1, 0.15) is 4.60 Å². The molecule has 0 fully saturated rings. The standard InChI is InChI=1S/C9H9BrN2O2/c1-5-9(13)12(2)8-6(14-5)3-4-7(10)11-8/h3-5H,1-2H3. The van der Waals surface area contributed by atoms with Gasteiger partial charge in [-0.25, -0.2) is 4.98 Å². The number of carbonyl (C=O) groups excluding carboxylic acids is 1. The van der Waals surface area contributed by atoms with Crippen LogP contribution < -0.4 is 9.64 Å². The summed E-state index contributed by atoms with van der Waals surface area (Å²) in [4.78, 5) is 17.2. The molecule has 1 amide bonds. The molecule has 74 valence electrons. The van der Waals surface area contributed by atoms with Crippen LogP contribution in [0.2, 0.25) is 0 Å². The molecule has 1 unspecified atom stereocenters. The predicted molar refractivity (Wildman–Crippen MR) is 55.4 cm³/mol. The van der Waals surface area contributed by atoms with Crippen molar-refractivity contribution in [3.63, 3.8) is 0 Å². The second-order valence-electron chi connectivity index (χ2n) is 3.11. The fourth-order valence-electron chi connectivity index (χ4n) is 1.36. The summed E-state index contributed by atoms with van der Waals surface area (Å²) in [6.07, 6.45) is -0.435. The van der Waals surface area contributed by atoms with Gasteiger partial charge in [-0.05, 0) is 35.0 Å². The number of aromatic nitrogens is 1. The number of ether oxygens (including phenoxy) is 1. The smallest absolute Gasteiger partial charge is 0.268 e. The van der Waals surface area contributed by atoms with E-state index in [2.05, 4.69) is 20.9 Å². The third kappa shape index (κ3) is 1.37. The third-order valence-corrected chi connectivity index (χ3v) is 2.55. The molecule has 1 aliphatic heterocycles. The van der Waals surface area contributed by atoms with E-state index < -0.39 is 6.10 Å². The van der Waals surface area contributed by atoms with Crippen molar-refractivity contribution in [1.82, 2.24) is 4.98 Å². The molecule has 14 heavy (non-hydrogen) atoms. The van der Waals surface area contributed by atoms with Crippen molar-refractivity contribution < 1.29 is 9.53 Å². The summed E-state index contributed by atoms with van der Waals surface area (Å²) in [6.45, 7) is 1.73. The predicted octanol–water partition coefficient (Wildman–Crippen LogP) is 1.59. The average Bonchev–Trinajstić information content (AvgIpc) is 2.16. The van der Waals surface area contributed by atoms with Gasteiger partial charge in [-0.3, -0.25) is 9.69 Å². The molecule has 0 radical (unpaired) electrons. The van der Waals surface area contributed by atoms with Gasteiger partial charge in [0.2, 0.25) is 0 Å². The first-order valence-corrected chi connectivity index (χ1v) is 4.99. The van der Waals surface area contributed by atoms with Gasteiger partial charge in [0.25, 0.3) is 5.91 Å². The van der Waals surface area contributed by atoms with Crippen LogP contribution in [0, 0.1) is 0 Å². The van der Waals surface area contributed by atoms with Crippen LogP contribution in [-0.4, -0.2) is 24.0 Å². The minimum Gasteiger partial charge on any atom is -0.477 e. The second-order valence-corrected chi connectivity index (χ2v) is 3.93. The maximum atomic E-state index is 11.5. The highest BCUT2D eigenvalue weighted by atomic mass is 79.9. The van der Waals surface area contributed by atoms with Crippen molar-refractivity contribution >= 4 is 27.7 Å². The third-order valence-electron chi connectivity index (χ3n) is 2.11. The van der Waals surface area contributed by atoms with Gasteiger partial charge in [-0.1, -0.05) is 0 Å². The van der Waals surface area contributed by atoms with Crippen molar-refractivity contribution in [2.75, 3.05) is 11.9 Å². The van der Waals surface area contributed by atoms with E-state index in [1.165, 1.54) is 4.90 Å². The molecule has 2 heterocycles. The zero-order valence-electron chi connectivity index (χ0n) is 7.82. The molecule has 0 N–H and O–H groups in total. The molecular weight excluding hydrogens is 248 g/mol. The maximum Gasteiger partial charge on any atom is 0.268 e. The highest BCUT2D eigenvalue weighted by Crippen LogP contribution is 2.32. The quantitative estimate of drug-likeness (QED) is 0.663. The van der Waals surface area contributed by atoms with Crippen LogP contribution in [0.5, 0.6) is 5.75 Å². The van der Waals surface area contributed by atoms with Gasteiger partial charge < -0.3 is 4.74 Å². The highest BCUT2D eigenvalue weighted by molar-refractivity contribution is 9.10. The SMILES string of the molecule is CC1Oc2ccc(Br)nc2N(C)C1=O. The van der Waals surface area contributed by atoms with E-state index in [0.29, 0.717) is 16.2 Å². The summed E-state index contributed by atoms with van der Waals surface area (Å²) in [5.41, 5.74) is 0. The van der Waals surface area contributed by atoms with E-state index in [1.54, 1.807) is 26.1 Å². The fraction of sp³-hybridized carbons (Fsp3) is 0.333. The zero-order chi connectivity index (χ0) is 10.3. The van der Waals surface area contributed by atoms with Crippen molar-refractivity contribution in [3.8, 4) is 5.75 Å². The normalized spacial score (nSPS) is 20.4. The summed E-state index contributed by atoms with van der Waals surface area (Å²) in [7, 11) is 1.69. The first-order valence-electron chi connectivity index (χ1n) is 4.20.